The van der Waals surface area contributed by atoms with Gasteiger partial charge in [0.05, 0.1) is 6.10 Å². The van der Waals surface area contributed by atoms with Gasteiger partial charge in [-0.05, 0) is 43.9 Å². The predicted molar refractivity (Wildman–Crippen MR) is 83.3 cm³/mol. The Labute approximate surface area is 122 Å². The van der Waals surface area contributed by atoms with Crippen molar-refractivity contribution in [2.75, 3.05) is 31.6 Å². The third-order valence-electron chi connectivity index (χ3n) is 4.34. The van der Waals surface area contributed by atoms with E-state index in [0.29, 0.717) is 12.1 Å². The molecule has 0 bridgehead atoms. The molecule has 2 heterocycles. The van der Waals surface area contributed by atoms with E-state index in [2.05, 4.69) is 41.4 Å². The fourth-order valence-corrected chi connectivity index (χ4v) is 3.40. The molecule has 3 rings (SSSR count). The highest BCUT2D eigenvalue weighted by Crippen LogP contribution is 2.26. The number of anilines is 1. The van der Waals surface area contributed by atoms with Gasteiger partial charge in [0.15, 0.2) is 0 Å². The third kappa shape index (κ3) is 3.33. The number of likely N-dealkylation sites (tertiary alicyclic amines) is 1. The van der Waals surface area contributed by atoms with Crippen LogP contribution in [0.5, 0.6) is 0 Å². The van der Waals surface area contributed by atoms with Crippen molar-refractivity contribution in [3.05, 3.63) is 29.8 Å². The SMILES string of the molecule is CCCOC1CCCN(CC2Cc3ccccc3N2)C1. The number of rotatable bonds is 5. The van der Waals surface area contributed by atoms with Gasteiger partial charge in [0.2, 0.25) is 0 Å². The molecule has 1 fully saturated rings. The smallest absolute Gasteiger partial charge is 0.0702 e. The van der Waals surface area contributed by atoms with E-state index in [1.54, 1.807) is 0 Å². The summed E-state index contributed by atoms with van der Waals surface area (Å²) in [6, 6.07) is 9.25. The minimum Gasteiger partial charge on any atom is -0.380 e. The first-order valence-electron chi connectivity index (χ1n) is 8.03. The molecule has 0 saturated carbocycles. The first-order valence-corrected chi connectivity index (χ1v) is 8.03. The highest BCUT2D eigenvalue weighted by atomic mass is 16.5. The van der Waals surface area contributed by atoms with Crippen molar-refractivity contribution < 1.29 is 4.74 Å². The van der Waals surface area contributed by atoms with Crippen molar-refractivity contribution in [2.24, 2.45) is 0 Å². The van der Waals surface area contributed by atoms with Crippen LogP contribution in [0.15, 0.2) is 24.3 Å². The van der Waals surface area contributed by atoms with Gasteiger partial charge in [-0.1, -0.05) is 25.1 Å². The molecule has 0 amide bonds. The van der Waals surface area contributed by atoms with Gasteiger partial charge in [0.1, 0.15) is 0 Å². The molecule has 2 unspecified atom stereocenters. The van der Waals surface area contributed by atoms with Gasteiger partial charge in [-0.25, -0.2) is 0 Å². The molecule has 0 aromatic heterocycles. The van der Waals surface area contributed by atoms with E-state index in [9.17, 15) is 0 Å². The normalized spacial score (nSPS) is 26.2. The molecule has 0 aliphatic carbocycles. The Morgan fingerprint density at radius 3 is 3.10 bits per heavy atom. The summed E-state index contributed by atoms with van der Waals surface area (Å²) in [5.41, 5.74) is 2.79. The van der Waals surface area contributed by atoms with E-state index in [1.165, 1.54) is 30.6 Å². The van der Waals surface area contributed by atoms with Gasteiger partial charge in [0.25, 0.3) is 0 Å². The molecule has 0 spiro atoms. The molecule has 1 aromatic carbocycles. The van der Waals surface area contributed by atoms with Gasteiger partial charge >= 0.3 is 0 Å². The van der Waals surface area contributed by atoms with Crippen LogP contribution in [0.4, 0.5) is 5.69 Å². The van der Waals surface area contributed by atoms with Crippen LogP contribution in [-0.4, -0.2) is 43.3 Å². The monoisotopic (exact) mass is 274 g/mol. The first-order chi connectivity index (χ1) is 9.85. The number of hydrogen-bond donors (Lipinski definition) is 1. The summed E-state index contributed by atoms with van der Waals surface area (Å²) in [6.07, 6.45) is 5.24. The average Bonchev–Trinajstić information content (AvgIpc) is 2.87. The largest absolute Gasteiger partial charge is 0.380 e. The summed E-state index contributed by atoms with van der Waals surface area (Å²) in [6.45, 7) is 6.56. The number of piperidine rings is 1. The van der Waals surface area contributed by atoms with Gasteiger partial charge in [0, 0.05) is 31.4 Å². The molecular weight excluding hydrogens is 248 g/mol. The van der Waals surface area contributed by atoms with Gasteiger partial charge in [-0.15, -0.1) is 0 Å². The highest BCUT2D eigenvalue weighted by Gasteiger charge is 2.26. The zero-order valence-corrected chi connectivity index (χ0v) is 12.5. The standard InChI is InChI=1S/C17H26N2O/c1-2-10-20-16-7-5-9-19(13-16)12-15-11-14-6-3-4-8-17(14)18-15/h3-4,6,8,15-16,18H,2,5,7,9-13H2,1H3. The second kappa shape index (κ2) is 6.59. The number of hydrogen-bond acceptors (Lipinski definition) is 3. The fourth-order valence-electron chi connectivity index (χ4n) is 3.40. The Kier molecular flexibility index (Phi) is 4.58. The Balaban J connectivity index is 1.49. The Morgan fingerprint density at radius 2 is 2.25 bits per heavy atom. The zero-order chi connectivity index (χ0) is 13.8. The zero-order valence-electron chi connectivity index (χ0n) is 12.5. The van der Waals surface area contributed by atoms with E-state index in [4.69, 9.17) is 4.74 Å². The number of fused-ring (bicyclic) bond motifs is 1. The van der Waals surface area contributed by atoms with Gasteiger partial charge in [-0.2, -0.15) is 0 Å². The maximum atomic E-state index is 5.93. The molecule has 1 N–H and O–H groups in total. The van der Waals surface area contributed by atoms with Crippen LogP contribution >= 0.6 is 0 Å². The highest BCUT2D eigenvalue weighted by molar-refractivity contribution is 5.56. The fraction of sp³-hybridized carbons (Fsp3) is 0.647. The first kappa shape index (κ1) is 13.9. The van der Waals surface area contributed by atoms with Gasteiger partial charge < -0.3 is 10.1 Å². The lowest BCUT2D eigenvalue weighted by molar-refractivity contribution is -0.000744. The van der Waals surface area contributed by atoms with Crippen LogP contribution < -0.4 is 5.32 Å². The van der Waals surface area contributed by atoms with Gasteiger partial charge in [-0.3, -0.25) is 4.90 Å². The number of benzene rings is 1. The molecule has 2 aliphatic rings. The summed E-state index contributed by atoms with van der Waals surface area (Å²) in [5.74, 6) is 0. The Bertz CT molecular complexity index is 410. The molecule has 3 heteroatoms. The summed E-state index contributed by atoms with van der Waals surface area (Å²) in [7, 11) is 0. The van der Waals surface area contributed by atoms with Crippen LogP contribution in [0.1, 0.15) is 31.7 Å². The quantitative estimate of drug-likeness (QED) is 0.893. The van der Waals surface area contributed by atoms with E-state index >= 15 is 0 Å². The van der Waals surface area contributed by atoms with Crippen LogP contribution in [0, 0.1) is 0 Å². The van der Waals surface area contributed by atoms with E-state index in [1.807, 2.05) is 0 Å². The average molecular weight is 274 g/mol. The maximum absolute atomic E-state index is 5.93. The van der Waals surface area contributed by atoms with Crippen molar-refractivity contribution in [3.63, 3.8) is 0 Å². The lowest BCUT2D eigenvalue weighted by atomic mass is 10.1. The lowest BCUT2D eigenvalue weighted by Crippen LogP contribution is -2.44. The molecule has 1 aromatic rings. The Morgan fingerprint density at radius 1 is 1.35 bits per heavy atom. The lowest BCUT2D eigenvalue weighted by Gasteiger charge is -2.34. The van der Waals surface area contributed by atoms with Crippen molar-refractivity contribution in [1.29, 1.82) is 0 Å². The summed E-state index contributed by atoms with van der Waals surface area (Å²) < 4.78 is 5.93. The molecule has 3 nitrogen and oxygen atoms in total. The molecular formula is C17H26N2O. The third-order valence-corrected chi connectivity index (χ3v) is 4.34. The minimum atomic E-state index is 0.451. The predicted octanol–water partition coefficient (Wildman–Crippen LogP) is 2.91. The second-order valence-corrected chi connectivity index (χ2v) is 6.10. The van der Waals surface area contributed by atoms with Crippen molar-refractivity contribution in [1.82, 2.24) is 4.90 Å². The van der Waals surface area contributed by atoms with Crippen LogP contribution in [0.2, 0.25) is 0 Å². The minimum absolute atomic E-state index is 0.451. The topological polar surface area (TPSA) is 24.5 Å². The molecule has 2 aliphatic heterocycles. The molecule has 0 radical (unpaired) electrons. The number of nitrogens with zero attached hydrogens (tertiary/aromatic N) is 1. The van der Waals surface area contributed by atoms with E-state index in [-0.39, 0.29) is 0 Å². The Hall–Kier alpha value is -1.06. The van der Waals surface area contributed by atoms with E-state index < -0.39 is 0 Å². The molecule has 20 heavy (non-hydrogen) atoms. The summed E-state index contributed by atoms with van der Waals surface area (Å²) in [4.78, 5) is 2.58. The number of nitrogens with one attached hydrogen (secondary N) is 1. The second-order valence-electron chi connectivity index (χ2n) is 6.10. The van der Waals surface area contributed by atoms with Crippen molar-refractivity contribution in [2.45, 2.75) is 44.8 Å². The number of para-hydroxylation sites is 1. The summed E-state index contributed by atoms with van der Waals surface area (Å²) in [5, 5.41) is 3.66. The molecule has 110 valence electrons. The van der Waals surface area contributed by atoms with Crippen LogP contribution in [-0.2, 0) is 11.2 Å². The van der Waals surface area contributed by atoms with Crippen LogP contribution in [0.25, 0.3) is 0 Å². The van der Waals surface area contributed by atoms with Crippen molar-refractivity contribution >= 4 is 5.69 Å². The molecule has 1 saturated heterocycles. The molecule has 2 atom stereocenters. The van der Waals surface area contributed by atoms with Crippen molar-refractivity contribution in [3.8, 4) is 0 Å². The van der Waals surface area contributed by atoms with Crippen LogP contribution in [0.3, 0.4) is 0 Å². The summed E-state index contributed by atoms with van der Waals surface area (Å²) >= 11 is 0. The number of ether oxygens (including phenoxy) is 1. The maximum Gasteiger partial charge on any atom is 0.0702 e. The van der Waals surface area contributed by atoms with E-state index in [0.717, 1.165) is 32.5 Å².